The van der Waals surface area contributed by atoms with E-state index in [2.05, 4.69) is 4.98 Å². The van der Waals surface area contributed by atoms with Crippen LogP contribution in [0.5, 0.6) is 0 Å². The van der Waals surface area contributed by atoms with Crippen molar-refractivity contribution in [3.63, 3.8) is 0 Å². The van der Waals surface area contributed by atoms with Gasteiger partial charge in [-0.1, -0.05) is 18.2 Å². The molecule has 6 heteroatoms. The number of benzene rings is 2. The van der Waals surface area contributed by atoms with E-state index in [9.17, 15) is 18.0 Å². The summed E-state index contributed by atoms with van der Waals surface area (Å²) in [7, 11) is 0. The largest absolute Gasteiger partial charge is 0.478 e. The van der Waals surface area contributed by atoms with Crippen molar-refractivity contribution < 1.29 is 23.1 Å². The van der Waals surface area contributed by atoms with Crippen molar-refractivity contribution >= 4 is 16.9 Å². The predicted octanol–water partition coefficient (Wildman–Crippen LogP) is 4.02. The fourth-order valence-electron chi connectivity index (χ4n) is 2.19. The van der Waals surface area contributed by atoms with Crippen molar-refractivity contribution in [3.05, 3.63) is 65.5 Å². The summed E-state index contributed by atoms with van der Waals surface area (Å²) in [5, 5.41) is 9.01. The summed E-state index contributed by atoms with van der Waals surface area (Å²) in [6.45, 7) is 0. The Labute approximate surface area is 122 Å². The van der Waals surface area contributed by atoms with Gasteiger partial charge in [-0.25, -0.2) is 22.9 Å². The topological polar surface area (TPSA) is 50.2 Å². The maximum absolute atomic E-state index is 14.2. The molecule has 110 valence electrons. The van der Waals surface area contributed by atoms with Crippen LogP contribution in [0.2, 0.25) is 0 Å². The van der Waals surface area contributed by atoms with Crippen molar-refractivity contribution in [2.75, 3.05) is 0 Å². The lowest BCUT2D eigenvalue weighted by Crippen LogP contribution is -2.03. The summed E-state index contributed by atoms with van der Waals surface area (Å²) >= 11 is 0. The molecule has 0 spiro atoms. The molecule has 0 amide bonds. The highest BCUT2D eigenvalue weighted by molar-refractivity contribution is 5.94. The second-order valence-corrected chi connectivity index (χ2v) is 4.60. The van der Waals surface area contributed by atoms with Gasteiger partial charge in [0.15, 0.2) is 5.82 Å². The first-order chi connectivity index (χ1) is 10.5. The highest BCUT2D eigenvalue weighted by Crippen LogP contribution is 2.28. The quantitative estimate of drug-likeness (QED) is 0.778. The minimum absolute atomic E-state index is 0.0973. The van der Waals surface area contributed by atoms with Crippen LogP contribution in [-0.2, 0) is 0 Å². The second-order valence-electron chi connectivity index (χ2n) is 4.60. The lowest BCUT2D eigenvalue weighted by atomic mass is 10.1. The number of hydrogen-bond donors (Lipinski definition) is 1. The Morgan fingerprint density at radius 1 is 1.00 bits per heavy atom. The van der Waals surface area contributed by atoms with Gasteiger partial charge in [0, 0.05) is 10.9 Å². The molecule has 3 rings (SSSR count). The third-order valence-electron chi connectivity index (χ3n) is 3.24. The zero-order valence-electron chi connectivity index (χ0n) is 11.0. The van der Waals surface area contributed by atoms with Crippen molar-refractivity contribution in [1.29, 1.82) is 0 Å². The van der Waals surface area contributed by atoms with Gasteiger partial charge in [0.05, 0.1) is 5.56 Å². The number of fused-ring (bicyclic) bond motifs is 1. The fraction of sp³-hybridized carbons (Fsp3) is 0. The molecule has 0 atom stereocenters. The molecular formula is C16H8F3NO2. The van der Waals surface area contributed by atoms with E-state index in [4.69, 9.17) is 5.11 Å². The number of carbonyl (C=O) groups is 1. The molecular weight excluding hydrogens is 295 g/mol. The fourth-order valence-corrected chi connectivity index (χ4v) is 2.19. The van der Waals surface area contributed by atoms with Gasteiger partial charge in [0.1, 0.15) is 22.8 Å². The average Bonchev–Trinajstić information content (AvgIpc) is 2.47. The van der Waals surface area contributed by atoms with Crippen molar-refractivity contribution in [1.82, 2.24) is 4.98 Å². The van der Waals surface area contributed by atoms with E-state index in [0.717, 1.165) is 18.2 Å². The van der Waals surface area contributed by atoms with Gasteiger partial charge >= 0.3 is 5.97 Å². The summed E-state index contributed by atoms with van der Waals surface area (Å²) in [5.74, 6) is -4.07. The number of rotatable bonds is 2. The van der Waals surface area contributed by atoms with Crippen LogP contribution in [0, 0.1) is 17.5 Å². The third-order valence-corrected chi connectivity index (χ3v) is 3.24. The minimum Gasteiger partial charge on any atom is -0.478 e. The van der Waals surface area contributed by atoms with Gasteiger partial charge in [-0.05, 0) is 24.3 Å². The van der Waals surface area contributed by atoms with Gasteiger partial charge in [-0.2, -0.15) is 0 Å². The third kappa shape index (κ3) is 2.18. The Morgan fingerprint density at radius 2 is 1.73 bits per heavy atom. The Hall–Kier alpha value is -2.89. The molecule has 3 aromatic rings. The Balaban J connectivity index is 2.33. The van der Waals surface area contributed by atoms with E-state index in [1.165, 1.54) is 24.3 Å². The molecule has 22 heavy (non-hydrogen) atoms. The van der Waals surface area contributed by atoms with Gasteiger partial charge < -0.3 is 5.11 Å². The van der Waals surface area contributed by atoms with Crippen molar-refractivity contribution in [2.24, 2.45) is 0 Å². The number of pyridine rings is 1. The lowest BCUT2D eigenvalue weighted by molar-refractivity contribution is 0.0692. The van der Waals surface area contributed by atoms with Crippen LogP contribution in [0.25, 0.3) is 22.2 Å². The van der Waals surface area contributed by atoms with Crippen LogP contribution in [0.1, 0.15) is 10.4 Å². The monoisotopic (exact) mass is 303 g/mol. The van der Waals surface area contributed by atoms with Gasteiger partial charge in [-0.3, -0.25) is 0 Å². The molecule has 0 aliphatic heterocycles. The first kappa shape index (κ1) is 14.1. The molecule has 0 bridgehead atoms. The van der Waals surface area contributed by atoms with Crippen LogP contribution in [0.3, 0.4) is 0 Å². The zero-order valence-corrected chi connectivity index (χ0v) is 11.0. The smallest absolute Gasteiger partial charge is 0.338 e. The number of carboxylic acid groups (broad SMARTS) is 1. The molecule has 0 saturated heterocycles. The molecule has 0 fully saturated rings. The van der Waals surface area contributed by atoms with Crippen LogP contribution in [-0.4, -0.2) is 16.1 Å². The molecule has 0 aliphatic carbocycles. The molecule has 1 aromatic heterocycles. The van der Waals surface area contributed by atoms with E-state index in [0.29, 0.717) is 0 Å². The van der Waals surface area contributed by atoms with Crippen molar-refractivity contribution in [3.8, 4) is 11.3 Å². The molecule has 0 radical (unpaired) electrons. The first-order valence-electron chi connectivity index (χ1n) is 6.26. The lowest BCUT2D eigenvalue weighted by Gasteiger charge is -2.08. The molecule has 2 aromatic carbocycles. The number of hydrogen-bond acceptors (Lipinski definition) is 2. The minimum atomic E-state index is -1.46. The highest BCUT2D eigenvalue weighted by Gasteiger charge is 2.18. The molecule has 1 N–H and O–H groups in total. The Bertz CT molecular complexity index is 909. The summed E-state index contributed by atoms with van der Waals surface area (Å²) in [6, 6.07) is 8.65. The Morgan fingerprint density at radius 3 is 2.41 bits per heavy atom. The summed E-state index contributed by atoms with van der Waals surface area (Å²) in [5.41, 5.74) is -1.39. The van der Waals surface area contributed by atoms with E-state index in [-0.39, 0.29) is 22.2 Å². The first-order valence-corrected chi connectivity index (χ1v) is 6.26. The van der Waals surface area contributed by atoms with Gasteiger partial charge in [0.25, 0.3) is 0 Å². The van der Waals surface area contributed by atoms with Crippen LogP contribution >= 0.6 is 0 Å². The normalized spacial score (nSPS) is 10.9. The van der Waals surface area contributed by atoms with Crippen LogP contribution in [0.15, 0.2) is 42.5 Å². The van der Waals surface area contributed by atoms with E-state index in [1.54, 1.807) is 0 Å². The summed E-state index contributed by atoms with van der Waals surface area (Å²) in [4.78, 5) is 14.7. The van der Waals surface area contributed by atoms with Crippen LogP contribution < -0.4 is 0 Å². The zero-order chi connectivity index (χ0) is 15.9. The number of aromatic carboxylic acids is 1. The maximum Gasteiger partial charge on any atom is 0.338 e. The molecule has 0 saturated carbocycles. The molecule has 1 heterocycles. The second kappa shape index (κ2) is 5.14. The van der Waals surface area contributed by atoms with Gasteiger partial charge in [0.2, 0.25) is 0 Å². The van der Waals surface area contributed by atoms with E-state index in [1.807, 2.05) is 0 Å². The summed E-state index contributed by atoms with van der Waals surface area (Å²) in [6.07, 6.45) is 0. The number of carboxylic acids is 1. The molecule has 0 aliphatic rings. The maximum atomic E-state index is 14.2. The average molecular weight is 303 g/mol. The predicted molar refractivity (Wildman–Crippen MR) is 74.0 cm³/mol. The SMILES string of the molecule is O=C(O)c1ccc2cc(F)c(-c3ccccc3F)nc2c1F. The van der Waals surface area contributed by atoms with Crippen LogP contribution in [0.4, 0.5) is 13.2 Å². The van der Waals surface area contributed by atoms with Gasteiger partial charge in [-0.15, -0.1) is 0 Å². The highest BCUT2D eigenvalue weighted by atomic mass is 19.1. The molecule has 3 nitrogen and oxygen atoms in total. The number of halogens is 3. The number of nitrogens with zero attached hydrogens (tertiary/aromatic N) is 1. The standard InChI is InChI=1S/C16H8F3NO2/c17-11-4-2-1-3-9(11)15-12(18)7-8-5-6-10(16(21)22)13(19)14(8)20-15/h1-7H,(H,21,22). The van der Waals surface area contributed by atoms with E-state index >= 15 is 0 Å². The van der Waals surface area contributed by atoms with E-state index < -0.39 is 29.0 Å². The van der Waals surface area contributed by atoms with Crippen molar-refractivity contribution in [2.45, 2.75) is 0 Å². The Kier molecular flexibility index (Phi) is 3.29. The molecule has 0 unspecified atom stereocenters. The number of aromatic nitrogens is 1. The summed E-state index contributed by atoms with van der Waals surface area (Å²) < 4.78 is 42.1.